The number of rotatable bonds is 1. The number of oxazole rings is 1. The fourth-order valence-corrected chi connectivity index (χ4v) is 3.36. The van der Waals surface area contributed by atoms with Crippen LogP contribution in [0.25, 0.3) is 32.0 Å². The minimum Gasteiger partial charge on any atom is -0.506 e. The van der Waals surface area contributed by atoms with E-state index in [0.717, 1.165) is 10.1 Å². The van der Waals surface area contributed by atoms with Crippen molar-refractivity contribution in [3.63, 3.8) is 0 Å². The second-order valence-corrected chi connectivity index (χ2v) is 5.90. The van der Waals surface area contributed by atoms with Crippen LogP contribution < -0.4 is 0 Å². The van der Waals surface area contributed by atoms with E-state index in [0.29, 0.717) is 26.9 Å². The quantitative estimate of drug-likeness (QED) is 0.534. The van der Waals surface area contributed by atoms with Gasteiger partial charge in [0.05, 0.1) is 0 Å². The fourth-order valence-electron chi connectivity index (χ4n) is 2.17. The molecule has 4 rings (SSSR count). The molecule has 0 fully saturated rings. The highest BCUT2D eigenvalue weighted by Crippen LogP contribution is 2.43. The van der Waals surface area contributed by atoms with Crippen molar-refractivity contribution in [2.75, 3.05) is 0 Å². The Balaban J connectivity index is 1.98. The molecule has 0 unspecified atom stereocenters. The second kappa shape index (κ2) is 4.23. The molecule has 0 aliphatic rings. The van der Waals surface area contributed by atoms with Crippen LogP contribution in [0.3, 0.4) is 0 Å². The van der Waals surface area contributed by atoms with Crippen LogP contribution in [0.1, 0.15) is 0 Å². The van der Waals surface area contributed by atoms with Crippen molar-refractivity contribution in [1.82, 2.24) is 4.98 Å². The Kier molecular flexibility index (Phi) is 2.49. The molecule has 4 aromatic rings. The Morgan fingerprint density at radius 1 is 1.15 bits per heavy atom. The minimum atomic E-state index is 0.211. The van der Waals surface area contributed by atoms with E-state index in [2.05, 4.69) is 4.98 Å². The highest BCUT2D eigenvalue weighted by molar-refractivity contribution is 7.22. The lowest BCUT2D eigenvalue weighted by molar-refractivity contribution is 0.482. The summed E-state index contributed by atoms with van der Waals surface area (Å²) < 4.78 is 6.70. The van der Waals surface area contributed by atoms with E-state index < -0.39 is 0 Å². The molecule has 98 valence electrons. The van der Waals surface area contributed by atoms with Crippen molar-refractivity contribution in [2.45, 2.75) is 0 Å². The van der Waals surface area contributed by atoms with E-state index in [-0.39, 0.29) is 5.75 Å². The van der Waals surface area contributed by atoms with Gasteiger partial charge in [-0.3, -0.25) is 0 Å². The molecule has 20 heavy (non-hydrogen) atoms. The second-order valence-electron chi connectivity index (χ2n) is 4.41. The van der Waals surface area contributed by atoms with Crippen molar-refractivity contribution in [3.8, 4) is 16.5 Å². The summed E-state index contributed by atoms with van der Waals surface area (Å²) in [5.74, 6) is 0.629. The lowest BCUT2D eigenvalue weighted by Crippen LogP contribution is -1.71. The fraction of sp³-hybridized carbons (Fsp3) is 0. The van der Waals surface area contributed by atoms with Crippen molar-refractivity contribution in [1.29, 1.82) is 0 Å². The standard InChI is InChI=1S/C15H8ClNO2S/c16-8-5-6-11-10(7-8)17-15(19-11)14-13(18)9-3-1-2-4-12(9)20-14/h1-7,18H. The van der Waals surface area contributed by atoms with E-state index in [1.165, 1.54) is 11.3 Å². The summed E-state index contributed by atoms with van der Waals surface area (Å²) in [6.07, 6.45) is 0. The third-order valence-electron chi connectivity index (χ3n) is 3.11. The maximum Gasteiger partial charge on any atom is 0.241 e. The van der Waals surface area contributed by atoms with Crippen molar-refractivity contribution >= 4 is 44.1 Å². The first-order valence-electron chi connectivity index (χ1n) is 5.99. The Bertz CT molecular complexity index is 942. The Morgan fingerprint density at radius 2 is 2.00 bits per heavy atom. The molecule has 0 bridgehead atoms. The van der Waals surface area contributed by atoms with Crippen LogP contribution in [0.15, 0.2) is 46.9 Å². The maximum absolute atomic E-state index is 10.3. The van der Waals surface area contributed by atoms with E-state index in [9.17, 15) is 5.11 Å². The summed E-state index contributed by atoms with van der Waals surface area (Å²) >= 11 is 7.40. The van der Waals surface area contributed by atoms with Gasteiger partial charge >= 0.3 is 0 Å². The molecule has 2 heterocycles. The Labute approximate surface area is 123 Å². The molecule has 2 aromatic carbocycles. The van der Waals surface area contributed by atoms with E-state index in [1.807, 2.05) is 24.3 Å². The molecular formula is C15H8ClNO2S. The SMILES string of the molecule is Oc1c(-c2nc3cc(Cl)ccc3o2)sc2ccccc12. The van der Waals surface area contributed by atoms with Crippen LogP contribution in [0.4, 0.5) is 0 Å². The topological polar surface area (TPSA) is 46.3 Å². The number of hydrogen-bond acceptors (Lipinski definition) is 4. The number of benzene rings is 2. The van der Waals surface area contributed by atoms with Gasteiger partial charge < -0.3 is 9.52 Å². The van der Waals surface area contributed by atoms with Crippen LogP contribution in [0, 0.1) is 0 Å². The summed E-state index contributed by atoms with van der Waals surface area (Å²) in [6.45, 7) is 0. The molecule has 2 aromatic heterocycles. The zero-order valence-corrected chi connectivity index (χ0v) is 11.7. The highest BCUT2D eigenvalue weighted by Gasteiger charge is 2.17. The largest absolute Gasteiger partial charge is 0.506 e. The average Bonchev–Trinajstić information content (AvgIpc) is 3.00. The van der Waals surface area contributed by atoms with Gasteiger partial charge in [0, 0.05) is 15.1 Å². The minimum absolute atomic E-state index is 0.211. The summed E-state index contributed by atoms with van der Waals surface area (Å²) in [7, 11) is 0. The normalized spacial score (nSPS) is 11.4. The molecular weight excluding hydrogens is 294 g/mol. The van der Waals surface area contributed by atoms with E-state index in [1.54, 1.807) is 18.2 Å². The number of nitrogens with zero attached hydrogens (tertiary/aromatic N) is 1. The van der Waals surface area contributed by atoms with E-state index in [4.69, 9.17) is 16.0 Å². The zero-order valence-electron chi connectivity index (χ0n) is 10.1. The monoisotopic (exact) mass is 301 g/mol. The molecule has 0 saturated heterocycles. The van der Waals surface area contributed by atoms with Crippen molar-refractivity contribution in [3.05, 3.63) is 47.5 Å². The Hall–Kier alpha value is -2.04. The van der Waals surface area contributed by atoms with Crippen molar-refractivity contribution in [2.24, 2.45) is 0 Å². The van der Waals surface area contributed by atoms with Gasteiger partial charge in [-0.05, 0) is 30.3 Å². The predicted molar refractivity (Wildman–Crippen MR) is 81.5 cm³/mol. The average molecular weight is 302 g/mol. The predicted octanol–water partition coefficient (Wildman–Crippen LogP) is 5.07. The molecule has 0 aliphatic carbocycles. The van der Waals surface area contributed by atoms with Crippen LogP contribution >= 0.6 is 22.9 Å². The number of halogens is 1. The molecule has 3 nitrogen and oxygen atoms in total. The smallest absolute Gasteiger partial charge is 0.241 e. The first-order valence-corrected chi connectivity index (χ1v) is 7.19. The van der Waals surface area contributed by atoms with Crippen LogP contribution in [-0.2, 0) is 0 Å². The molecule has 0 spiro atoms. The Morgan fingerprint density at radius 3 is 2.85 bits per heavy atom. The number of hydrogen-bond donors (Lipinski definition) is 1. The molecule has 0 radical (unpaired) electrons. The molecule has 0 saturated carbocycles. The van der Waals surface area contributed by atoms with Gasteiger partial charge in [-0.1, -0.05) is 23.7 Å². The lowest BCUT2D eigenvalue weighted by Gasteiger charge is -1.91. The van der Waals surface area contributed by atoms with Gasteiger partial charge in [-0.15, -0.1) is 11.3 Å². The van der Waals surface area contributed by atoms with Crippen LogP contribution in [0.5, 0.6) is 5.75 Å². The van der Waals surface area contributed by atoms with E-state index >= 15 is 0 Å². The van der Waals surface area contributed by atoms with Gasteiger partial charge in [0.25, 0.3) is 0 Å². The third kappa shape index (κ3) is 1.69. The van der Waals surface area contributed by atoms with Crippen LogP contribution in [-0.4, -0.2) is 10.1 Å². The summed E-state index contributed by atoms with van der Waals surface area (Å²) in [6, 6.07) is 12.9. The number of thiophene rings is 1. The molecule has 0 atom stereocenters. The van der Waals surface area contributed by atoms with Gasteiger partial charge in [0.2, 0.25) is 5.89 Å². The van der Waals surface area contributed by atoms with Gasteiger partial charge in [-0.2, -0.15) is 0 Å². The maximum atomic E-state index is 10.3. The summed E-state index contributed by atoms with van der Waals surface area (Å²) in [5.41, 5.74) is 1.34. The first-order chi connectivity index (χ1) is 9.72. The molecule has 5 heteroatoms. The molecule has 0 aliphatic heterocycles. The van der Waals surface area contributed by atoms with Gasteiger partial charge in [0.15, 0.2) is 5.58 Å². The lowest BCUT2D eigenvalue weighted by atomic mass is 10.2. The van der Waals surface area contributed by atoms with Crippen molar-refractivity contribution < 1.29 is 9.52 Å². The van der Waals surface area contributed by atoms with Crippen LogP contribution in [0.2, 0.25) is 5.02 Å². The molecule has 0 amide bonds. The first kappa shape index (κ1) is 11.8. The van der Waals surface area contributed by atoms with Gasteiger partial charge in [-0.25, -0.2) is 4.98 Å². The number of aromatic nitrogens is 1. The third-order valence-corrected chi connectivity index (χ3v) is 4.50. The van der Waals surface area contributed by atoms with Gasteiger partial charge in [0.1, 0.15) is 16.1 Å². The summed E-state index contributed by atoms with van der Waals surface area (Å²) in [5, 5.41) is 11.7. The summed E-state index contributed by atoms with van der Waals surface area (Å²) in [4.78, 5) is 5.04. The number of aromatic hydroxyl groups is 1. The highest BCUT2D eigenvalue weighted by atomic mass is 35.5. The molecule has 1 N–H and O–H groups in total. The number of fused-ring (bicyclic) bond motifs is 2. The zero-order chi connectivity index (χ0) is 13.7.